The van der Waals surface area contributed by atoms with Crippen LogP contribution in [0.4, 0.5) is 17.6 Å². The fourth-order valence-electron chi connectivity index (χ4n) is 0.872. The maximum atomic E-state index is 13.0. The predicted molar refractivity (Wildman–Crippen MR) is 45.8 cm³/mol. The molecule has 0 aliphatic heterocycles. The summed E-state index contributed by atoms with van der Waals surface area (Å²) >= 11 is 1.35. The van der Waals surface area contributed by atoms with E-state index in [-0.39, 0.29) is 0 Å². The van der Waals surface area contributed by atoms with E-state index in [1.54, 1.807) is 0 Å². The molecule has 0 fully saturated rings. The third-order valence-electron chi connectivity index (χ3n) is 1.43. The molecule has 1 aliphatic carbocycles. The van der Waals surface area contributed by atoms with E-state index in [1.165, 1.54) is 22.6 Å². The van der Waals surface area contributed by atoms with Gasteiger partial charge in [-0.25, -0.2) is 4.39 Å². The Hall–Kier alpha value is -0.0700. The molecule has 0 nitrogen and oxygen atoms in total. The number of rotatable bonds is 0. The van der Waals surface area contributed by atoms with Crippen molar-refractivity contribution < 1.29 is 17.6 Å². The van der Waals surface area contributed by atoms with E-state index >= 15 is 0 Å². The number of hydrogen-bond donors (Lipinski definition) is 0. The molecule has 0 amide bonds. The second kappa shape index (κ2) is 3.01. The van der Waals surface area contributed by atoms with Gasteiger partial charge < -0.3 is 0 Å². The molecule has 0 bridgehead atoms. The average molecular weight is 292 g/mol. The van der Waals surface area contributed by atoms with Crippen LogP contribution in [0.15, 0.2) is 23.8 Å². The lowest BCUT2D eigenvalue weighted by molar-refractivity contribution is -0.0956. The normalized spacial score (nSPS) is 30.2. The van der Waals surface area contributed by atoms with Gasteiger partial charge in [0.1, 0.15) is 0 Å². The Balaban J connectivity index is 2.84. The van der Waals surface area contributed by atoms with E-state index in [4.69, 9.17) is 0 Å². The highest BCUT2D eigenvalue weighted by molar-refractivity contribution is 14.1. The average Bonchev–Trinajstić information content (AvgIpc) is 1.83. The second-order valence-corrected chi connectivity index (χ2v) is 4.28. The summed E-state index contributed by atoms with van der Waals surface area (Å²) in [7, 11) is 0. The third kappa shape index (κ3) is 2.46. The van der Waals surface area contributed by atoms with E-state index in [0.717, 1.165) is 18.2 Å². The van der Waals surface area contributed by atoms with Crippen molar-refractivity contribution >= 4 is 22.6 Å². The first-order chi connectivity index (χ1) is 5.31. The van der Waals surface area contributed by atoms with Crippen LogP contribution in [-0.2, 0) is 0 Å². The van der Waals surface area contributed by atoms with Crippen molar-refractivity contribution in [3.63, 3.8) is 0 Å². The zero-order valence-electron chi connectivity index (χ0n) is 5.83. The minimum atomic E-state index is -4.41. The molecule has 0 aromatic rings. The van der Waals surface area contributed by atoms with Gasteiger partial charge in [0.05, 0.1) is 0 Å². The zero-order chi connectivity index (χ0) is 9.41. The quantitative estimate of drug-likeness (QED) is 0.364. The fourth-order valence-corrected chi connectivity index (χ4v) is 1.49. The van der Waals surface area contributed by atoms with Crippen molar-refractivity contribution in [3.05, 3.63) is 23.8 Å². The van der Waals surface area contributed by atoms with Crippen molar-refractivity contribution in [1.82, 2.24) is 0 Å². The molecule has 0 saturated heterocycles. The Bertz CT molecular complexity index is 236. The summed E-state index contributed by atoms with van der Waals surface area (Å²) in [6.07, 6.45) is -1.90. The first-order valence-corrected chi connectivity index (χ1v) is 4.22. The molecule has 68 valence electrons. The zero-order valence-corrected chi connectivity index (χ0v) is 7.99. The SMILES string of the molecule is FC1(I)C=CC=C(C(F)(F)F)C1. The van der Waals surface area contributed by atoms with Crippen LogP contribution in [-0.4, -0.2) is 9.85 Å². The Morgan fingerprint density at radius 2 is 2.00 bits per heavy atom. The summed E-state index contributed by atoms with van der Waals surface area (Å²) in [5.41, 5.74) is -0.818. The Labute approximate surface area is 80.5 Å². The van der Waals surface area contributed by atoms with Gasteiger partial charge in [-0.1, -0.05) is 12.2 Å². The molecule has 1 atom stereocenters. The van der Waals surface area contributed by atoms with Gasteiger partial charge in [0.2, 0.25) is 0 Å². The summed E-state index contributed by atoms with van der Waals surface area (Å²) in [6.45, 7) is 0. The van der Waals surface area contributed by atoms with E-state index in [9.17, 15) is 17.6 Å². The Kier molecular flexibility index (Phi) is 2.51. The molecule has 5 heteroatoms. The number of allylic oxidation sites excluding steroid dienone is 4. The molecule has 0 aromatic heterocycles. The van der Waals surface area contributed by atoms with Gasteiger partial charge >= 0.3 is 6.18 Å². The maximum Gasteiger partial charge on any atom is 0.412 e. The van der Waals surface area contributed by atoms with E-state index < -0.39 is 21.8 Å². The molecule has 0 radical (unpaired) electrons. The number of hydrogen-bond acceptors (Lipinski definition) is 0. The van der Waals surface area contributed by atoms with Crippen LogP contribution in [0.2, 0.25) is 0 Å². The third-order valence-corrected chi connectivity index (χ3v) is 2.17. The van der Waals surface area contributed by atoms with Gasteiger partial charge in [-0.3, -0.25) is 0 Å². The molecule has 0 saturated carbocycles. The molecule has 12 heavy (non-hydrogen) atoms. The van der Waals surface area contributed by atoms with E-state index in [1.807, 2.05) is 0 Å². The molecule has 0 heterocycles. The molecular weight excluding hydrogens is 287 g/mol. The highest BCUT2D eigenvalue weighted by Gasteiger charge is 2.39. The van der Waals surface area contributed by atoms with Gasteiger partial charge in [0.15, 0.2) is 3.68 Å². The first kappa shape index (κ1) is 10.0. The minimum Gasteiger partial charge on any atom is -0.227 e. The molecule has 1 rings (SSSR count). The Morgan fingerprint density at radius 1 is 1.42 bits per heavy atom. The van der Waals surface area contributed by atoms with Crippen LogP contribution in [0.5, 0.6) is 0 Å². The van der Waals surface area contributed by atoms with Gasteiger partial charge in [-0.2, -0.15) is 13.2 Å². The van der Waals surface area contributed by atoms with Gasteiger partial charge in [0.25, 0.3) is 0 Å². The predicted octanol–water partition coefficient (Wildman–Crippen LogP) is 3.54. The van der Waals surface area contributed by atoms with Crippen LogP contribution in [0.25, 0.3) is 0 Å². The van der Waals surface area contributed by atoms with Crippen LogP contribution in [0.1, 0.15) is 6.42 Å². The van der Waals surface area contributed by atoms with Crippen molar-refractivity contribution in [2.24, 2.45) is 0 Å². The summed E-state index contributed by atoms with van der Waals surface area (Å²) in [6, 6.07) is 0. The topological polar surface area (TPSA) is 0 Å². The van der Waals surface area contributed by atoms with Crippen molar-refractivity contribution in [1.29, 1.82) is 0 Å². The number of alkyl halides is 5. The van der Waals surface area contributed by atoms with Crippen LogP contribution in [0.3, 0.4) is 0 Å². The molecule has 1 aliphatic rings. The van der Waals surface area contributed by atoms with Gasteiger partial charge in [-0.15, -0.1) is 0 Å². The molecule has 0 aromatic carbocycles. The summed E-state index contributed by atoms with van der Waals surface area (Å²) < 4.78 is 47.2. The lowest BCUT2D eigenvalue weighted by Crippen LogP contribution is -2.22. The molecular formula is C7H5F4I. The van der Waals surface area contributed by atoms with Crippen LogP contribution in [0, 0.1) is 0 Å². The fraction of sp³-hybridized carbons (Fsp3) is 0.429. The molecule has 1 unspecified atom stereocenters. The lowest BCUT2D eigenvalue weighted by Gasteiger charge is -2.21. The summed E-state index contributed by atoms with van der Waals surface area (Å²) in [5, 5.41) is 0. The largest absolute Gasteiger partial charge is 0.412 e. The lowest BCUT2D eigenvalue weighted by atomic mass is 10.0. The molecule has 0 N–H and O–H groups in total. The second-order valence-electron chi connectivity index (χ2n) is 2.49. The number of halogens is 5. The Morgan fingerprint density at radius 3 is 2.33 bits per heavy atom. The highest BCUT2D eigenvalue weighted by atomic mass is 127. The maximum absolute atomic E-state index is 13.0. The van der Waals surface area contributed by atoms with Gasteiger partial charge in [-0.05, 0) is 28.7 Å². The monoisotopic (exact) mass is 292 g/mol. The standard InChI is InChI=1S/C7H5F4I/c8-6(12)3-1-2-5(4-6)7(9,10)11/h1-3H,4H2. The minimum absolute atomic E-state index is 0.604. The van der Waals surface area contributed by atoms with Crippen molar-refractivity contribution in [2.75, 3.05) is 0 Å². The molecule has 0 spiro atoms. The summed E-state index contributed by atoms with van der Waals surface area (Å²) in [4.78, 5) is 0. The first-order valence-electron chi connectivity index (χ1n) is 3.15. The highest BCUT2D eigenvalue weighted by Crippen LogP contribution is 2.40. The van der Waals surface area contributed by atoms with Crippen molar-refractivity contribution in [2.45, 2.75) is 16.3 Å². The van der Waals surface area contributed by atoms with E-state index in [2.05, 4.69) is 0 Å². The smallest absolute Gasteiger partial charge is 0.227 e. The summed E-state index contributed by atoms with van der Waals surface area (Å²) in [5.74, 6) is 0. The van der Waals surface area contributed by atoms with Crippen molar-refractivity contribution in [3.8, 4) is 0 Å². The van der Waals surface area contributed by atoms with Crippen LogP contribution < -0.4 is 0 Å². The van der Waals surface area contributed by atoms with Crippen LogP contribution >= 0.6 is 22.6 Å². The van der Waals surface area contributed by atoms with E-state index in [0.29, 0.717) is 0 Å². The van der Waals surface area contributed by atoms with Gasteiger partial charge in [0, 0.05) is 12.0 Å².